The molecule has 0 spiro atoms. The molecule has 2 rings (SSSR count). The van der Waals surface area contributed by atoms with Crippen molar-refractivity contribution in [2.45, 2.75) is 62.9 Å². The molecule has 4 heteroatoms. The predicted molar refractivity (Wildman–Crippen MR) is 87.0 cm³/mol. The molecule has 0 bridgehead atoms. The molecule has 1 saturated carbocycles. The first-order chi connectivity index (χ1) is 9.99. The molecular weight excluding hydrogens is 282 g/mol. The molecule has 0 radical (unpaired) electrons. The highest BCUT2D eigenvalue weighted by Gasteiger charge is 2.19. The summed E-state index contributed by atoms with van der Waals surface area (Å²) in [4.78, 5) is 0.395. The number of hydrogen-bond acceptors (Lipinski definition) is 3. The maximum atomic E-state index is 11.4. The Balaban J connectivity index is 1.79. The summed E-state index contributed by atoms with van der Waals surface area (Å²) in [7, 11) is -3.09. The van der Waals surface area contributed by atoms with Gasteiger partial charge in [-0.25, -0.2) is 8.42 Å². The Bertz CT molecular complexity index is 528. The van der Waals surface area contributed by atoms with Crippen LogP contribution in [0, 0.1) is 5.92 Å². The molecule has 3 nitrogen and oxygen atoms in total. The van der Waals surface area contributed by atoms with Crippen molar-refractivity contribution in [3.63, 3.8) is 0 Å². The molecule has 1 N–H and O–H groups in total. The molecule has 0 unspecified atom stereocenters. The number of hydrogen-bond donors (Lipinski definition) is 1. The van der Waals surface area contributed by atoms with Crippen molar-refractivity contribution >= 4 is 9.84 Å². The second-order valence-electron chi connectivity index (χ2n) is 6.30. The molecule has 1 aliphatic rings. The van der Waals surface area contributed by atoms with E-state index in [0.29, 0.717) is 10.9 Å². The number of sulfone groups is 1. The summed E-state index contributed by atoms with van der Waals surface area (Å²) in [5.74, 6) is 0.932. The van der Waals surface area contributed by atoms with E-state index in [-0.39, 0.29) is 0 Å². The third-order valence-corrected chi connectivity index (χ3v) is 5.62. The van der Waals surface area contributed by atoms with Crippen molar-refractivity contribution in [2.75, 3.05) is 6.26 Å². The van der Waals surface area contributed by atoms with Crippen LogP contribution < -0.4 is 5.32 Å². The normalized spacial score (nSPS) is 23.1. The second-order valence-corrected chi connectivity index (χ2v) is 8.32. The van der Waals surface area contributed by atoms with Crippen LogP contribution in [-0.2, 0) is 16.4 Å². The highest BCUT2D eigenvalue weighted by molar-refractivity contribution is 7.90. The van der Waals surface area contributed by atoms with Crippen molar-refractivity contribution in [1.29, 1.82) is 0 Å². The monoisotopic (exact) mass is 309 g/mol. The van der Waals surface area contributed by atoms with Gasteiger partial charge in [0, 0.05) is 18.8 Å². The standard InChI is InChI=1S/C17H27NO2S/c1-3-4-14-5-9-16(10-6-14)18-13-15-7-11-17(12-8-15)21(2,19)20/h7-8,11-12,14,16,18H,3-6,9-10,13H2,1-2H3. The zero-order valence-electron chi connectivity index (χ0n) is 13.1. The first kappa shape index (κ1) is 16.5. The third kappa shape index (κ3) is 5.11. The predicted octanol–water partition coefficient (Wildman–Crippen LogP) is 3.54. The Hall–Kier alpha value is -0.870. The van der Waals surface area contributed by atoms with E-state index >= 15 is 0 Å². The molecule has 118 valence electrons. The molecular formula is C17H27NO2S. The van der Waals surface area contributed by atoms with Crippen molar-refractivity contribution in [2.24, 2.45) is 5.92 Å². The summed E-state index contributed by atoms with van der Waals surface area (Å²) in [6, 6.07) is 7.83. The average molecular weight is 309 g/mol. The molecule has 0 heterocycles. The molecule has 0 aliphatic heterocycles. The SMILES string of the molecule is CCCC1CCC(NCc2ccc(S(C)(=O)=O)cc2)CC1. The smallest absolute Gasteiger partial charge is 0.175 e. The first-order valence-electron chi connectivity index (χ1n) is 8.01. The molecule has 0 amide bonds. The van der Waals surface area contributed by atoms with Gasteiger partial charge in [-0.1, -0.05) is 31.9 Å². The Morgan fingerprint density at radius 2 is 1.71 bits per heavy atom. The lowest BCUT2D eigenvalue weighted by Gasteiger charge is -2.29. The van der Waals surface area contributed by atoms with Crippen molar-refractivity contribution in [1.82, 2.24) is 5.32 Å². The van der Waals surface area contributed by atoms with Crippen molar-refractivity contribution in [3.05, 3.63) is 29.8 Å². The van der Waals surface area contributed by atoms with Crippen LogP contribution in [0.2, 0.25) is 0 Å². The van der Waals surface area contributed by atoms with Gasteiger partial charge in [-0.05, 0) is 49.3 Å². The van der Waals surface area contributed by atoms with Gasteiger partial charge in [-0.2, -0.15) is 0 Å². The summed E-state index contributed by atoms with van der Waals surface area (Å²) in [5, 5.41) is 3.61. The molecule has 1 aromatic rings. The Morgan fingerprint density at radius 1 is 1.10 bits per heavy atom. The summed E-state index contributed by atoms with van der Waals surface area (Å²) >= 11 is 0. The number of rotatable bonds is 6. The number of benzene rings is 1. The van der Waals surface area contributed by atoms with Crippen LogP contribution in [0.1, 0.15) is 51.0 Å². The van der Waals surface area contributed by atoms with Gasteiger partial charge in [0.05, 0.1) is 4.90 Å². The van der Waals surface area contributed by atoms with E-state index in [0.717, 1.165) is 18.0 Å². The highest BCUT2D eigenvalue weighted by Crippen LogP contribution is 2.27. The van der Waals surface area contributed by atoms with Crippen LogP contribution in [0.3, 0.4) is 0 Å². The van der Waals surface area contributed by atoms with Crippen LogP contribution in [0.25, 0.3) is 0 Å². The van der Waals surface area contributed by atoms with E-state index in [4.69, 9.17) is 0 Å². The summed E-state index contributed by atoms with van der Waals surface area (Å²) < 4.78 is 22.8. The summed E-state index contributed by atoms with van der Waals surface area (Å²) in [6.07, 6.45) is 9.15. The fourth-order valence-corrected chi connectivity index (χ4v) is 3.81. The second kappa shape index (κ2) is 7.41. The lowest BCUT2D eigenvalue weighted by molar-refractivity contribution is 0.277. The zero-order valence-corrected chi connectivity index (χ0v) is 14.0. The third-order valence-electron chi connectivity index (χ3n) is 4.49. The molecule has 0 atom stereocenters. The Kier molecular flexibility index (Phi) is 5.82. The average Bonchev–Trinajstić information content (AvgIpc) is 2.46. The van der Waals surface area contributed by atoms with Gasteiger partial charge in [0.1, 0.15) is 0 Å². The van der Waals surface area contributed by atoms with E-state index < -0.39 is 9.84 Å². The maximum Gasteiger partial charge on any atom is 0.175 e. The summed E-state index contributed by atoms with van der Waals surface area (Å²) in [5.41, 5.74) is 1.15. The van der Waals surface area contributed by atoms with E-state index in [1.165, 1.54) is 44.8 Å². The van der Waals surface area contributed by atoms with Crippen LogP contribution in [-0.4, -0.2) is 20.7 Å². The fraction of sp³-hybridized carbons (Fsp3) is 0.647. The Morgan fingerprint density at radius 3 is 2.24 bits per heavy atom. The van der Waals surface area contributed by atoms with Crippen LogP contribution in [0.5, 0.6) is 0 Å². The Labute approximate surface area is 129 Å². The van der Waals surface area contributed by atoms with Crippen LogP contribution in [0.4, 0.5) is 0 Å². The van der Waals surface area contributed by atoms with Crippen molar-refractivity contribution in [3.8, 4) is 0 Å². The van der Waals surface area contributed by atoms with Gasteiger partial charge in [-0.3, -0.25) is 0 Å². The van der Waals surface area contributed by atoms with Gasteiger partial charge in [0.2, 0.25) is 0 Å². The number of nitrogens with one attached hydrogen (secondary N) is 1. The fourth-order valence-electron chi connectivity index (χ4n) is 3.18. The van der Waals surface area contributed by atoms with E-state index in [1.54, 1.807) is 12.1 Å². The minimum Gasteiger partial charge on any atom is -0.310 e. The van der Waals surface area contributed by atoms with Crippen LogP contribution in [0.15, 0.2) is 29.2 Å². The molecule has 21 heavy (non-hydrogen) atoms. The van der Waals surface area contributed by atoms with Crippen molar-refractivity contribution < 1.29 is 8.42 Å². The lowest BCUT2D eigenvalue weighted by atomic mass is 9.83. The molecule has 1 fully saturated rings. The minimum absolute atomic E-state index is 0.395. The highest BCUT2D eigenvalue weighted by atomic mass is 32.2. The zero-order chi connectivity index (χ0) is 15.3. The lowest BCUT2D eigenvalue weighted by Crippen LogP contribution is -2.32. The minimum atomic E-state index is -3.09. The molecule has 1 aromatic carbocycles. The molecule has 0 saturated heterocycles. The van der Waals surface area contributed by atoms with Gasteiger partial charge in [0.25, 0.3) is 0 Å². The quantitative estimate of drug-likeness (QED) is 0.874. The topological polar surface area (TPSA) is 46.2 Å². The molecule has 0 aromatic heterocycles. The first-order valence-corrected chi connectivity index (χ1v) is 9.90. The van der Waals surface area contributed by atoms with E-state index in [1.807, 2.05) is 12.1 Å². The maximum absolute atomic E-state index is 11.4. The molecule has 1 aliphatic carbocycles. The van der Waals surface area contributed by atoms with Gasteiger partial charge < -0.3 is 5.32 Å². The van der Waals surface area contributed by atoms with Gasteiger partial charge in [0.15, 0.2) is 9.84 Å². The van der Waals surface area contributed by atoms with E-state index in [2.05, 4.69) is 12.2 Å². The van der Waals surface area contributed by atoms with Crippen LogP contribution >= 0.6 is 0 Å². The summed E-state index contributed by atoms with van der Waals surface area (Å²) in [6.45, 7) is 3.09. The largest absolute Gasteiger partial charge is 0.310 e. The van der Waals surface area contributed by atoms with E-state index in [9.17, 15) is 8.42 Å². The van der Waals surface area contributed by atoms with Gasteiger partial charge >= 0.3 is 0 Å². The van der Waals surface area contributed by atoms with Gasteiger partial charge in [-0.15, -0.1) is 0 Å².